The van der Waals surface area contributed by atoms with E-state index in [-0.39, 0.29) is 24.4 Å². The first-order valence-electron chi connectivity index (χ1n) is 9.96. The number of carbonyl (C=O) groups is 2. The summed E-state index contributed by atoms with van der Waals surface area (Å²) in [4.78, 5) is 32.5. The Hall–Kier alpha value is -3.00. The van der Waals surface area contributed by atoms with E-state index in [1.54, 1.807) is 30.4 Å². The van der Waals surface area contributed by atoms with E-state index in [4.69, 9.17) is 5.21 Å². The molecule has 1 aromatic heterocycles. The average Bonchev–Trinajstić information content (AvgIpc) is 2.81. The van der Waals surface area contributed by atoms with Gasteiger partial charge in [0.2, 0.25) is 5.91 Å². The van der Waals surface area contributed by atoms with Gasteiger partial charge in [-0.1, -0.05) is 43.3 Å². The first-order chi connectivity index (χ1) is 14.6. The molecule has 1 aromatic carbocycles. The summed E-state index contributed by atoms with van der Waals surface area (Å²) in [6.07, 6.45) is 5.88. The van der Waals surface area contributed by atoms with Crippen LogP contribution in [-0.4, -0.2) is 58.0 Å². The highest BCUT2D eigenvalue weighted by Gasteiger charge is 2.28. The quantitative estimate of drug-likeness (QED) is 0.408. The first-order valence-corrected chi connectivity index (χ1v) is 9.96. The number of hydroxylamine groups is 1. The van der Waals surface area contributed by atoms with Gasteiger partial charge in [0.1, 0.15) is 0 Å². The van der Waals surface area contributed by atoms with Crippen molar-refractivity contribution in [2.24, 2.45) is 0 Å². The number of nitrogens with one attached hydrogen (secondary N) is 1. The minimum Gasteiger partial charge on any atom is -0.336 e. The maximum atomic E-state index is 12.8. The lowest BCUT2D eigenvalue weighted by Gasteiger charge is -2.41. The fourth-order valence-electron chi connectivity index (χ4n) is 3.51. The van der Waals surface area contributed by atoms with Crippen LogP contribution in [0.25, 0.3) is 12.2 Å². The molecule has 8 heteroatoms. The van der Waals surface area contributed by atoms with Gasteiger partial charge in [0, 0.05) is 31.8 Å². The zero-order chi connectivity index (χ0) is 21.3. The summed E-state index contributed by atoms with van der Waals surface area (Å²) >= 11 is 0. The van der Waals surface area contributed by atoms with Crippen molar-refractivity contribution in [3.63, 3.8) is 0 Å². The van der Waals surface area contributed by atoms with Crippen molar-refractivity contribution in [1.82, 2.24) is 20.3 Å². The average molecular weight is 443 g/mol. The van der Waals surface area contributed by atoms with E-state index in [0.717, 1.165) is 13.1 Å². The van der Waals surface area contributed by atoms with Crippen molar-refractivity contribution < 1.29 is 14.8 Å². The highest BCUT2D eigenvalue weighted by Crippen LogP contribution is 2.25. The highest BCUT2D eigenvalue weighted by atomic mass is 35.5. The number of piperazine rings is 1. The van der Waals surface area contributed by atoms with E-state index in [2.05, 4.69) is 28.9 Å². The van der Waals surface area contributed by atoms with Gasteiger partial charge in [0.25, 0.3) is 5.91 Å². The van der Waals surface area contributed by atoms with Gasteiger partial charge in [-0.05, 0) is 36.4 Å². The minimum absolute atomic E-state index is 0. The Morgan fingerprint density at radius 3 is 2.39 bits per heavy atom. The molecular formula is C23H27ClN4O3. The maximum absolute atomic E-state index is 12.8. The molecule has 2 amide bonds. The molecule has 1 saturated heterocycles. The zero-order valence-electron chi connectivity index (χ0n) is 17.3. The van der Waals surface area contributed by atoms with Gasteiger partial charge in [-0.2, -0.15) is 0 Å². The summed E-state index contributed by atoms with van der Waals surface area (Å²) in [7, 11) is 0. The van der Waals surface area contributed by atoms with Gasteiger partial charge >= 0.3 is 0 Å². The number of carbonyl (C=O) groups excluding carboxylic acids is 2. The van der Waals surface area contributed by atoms with Crippen molar-refractivity contribution in [3.05, 3.63) is 77.6 Å². The molecule has 3 rings (SSSR count). The van der Waals surface area contributed by atoms with E-state index in [1.807, 2.05) is 23.1 Å². The number of benzene rings is 1. The third kappa shape index (κ3) is 6.75. The predicted octanol–water partition coefficient (Wildman–Crippen LogP) is 2.94. The molecule has 1 aliphatic rings. The van der Waals surface area contributed by atoms with Gasteiger partial charge in [0.05, 0.1) is 17.4 Å². The molecule has 0 bridgehead atoms. The molecule has 0 aliphatic carbocycles. The second-order valence-corrected chi connectivity index (χ2v) is 6.97. The lowest BCUT2D eigenvalue weighted by Crippen LogP contribution is -2.49. The van der Waals surface area contributed by atoms with Gasteiger partial charge in [-0.3, -0.25) is 19.7 Å². The molecule has 0 radical (unpaired) electrons. The number of pyridine rings is 1. The maximum Gasteiger partial charge on any atom is 0.267 e. The van der Waals surface area contributed by atoms with E-state index in [0.29, 0.717) is 24.5 Å². The molecule has 0 saturated carbocycles. The molecule has 1 fully saturated rings. The second-order valence-electron chi connectivity index (χ2n) is 6.97. The smallest absolute Gasteiger partial charge is 0.267 e. The van der Waals surface area contributed by atoms with Gasteiger partial charge < -0.3 is 4.90 Å². The standard InChI is InChI=1S/C23H26N4O3.ClH/c1-2-26-15-16-27(17-21(26)18-7-4-3-5-8-18)23(29)14-12-20-10-6-9-19(24-20)11-13-22(28)25-30;/h3-14,21,30H,2,15-17H2,1H3,(H,25,28);1H. The number of halogens is 1. The van der Waals surface area contributed by atoms with Crippen molar-refractivity contribution >= 4 is 36.4 Å². The summed E-state index contributed by atoms with van der Waals surface area (Å²) in [6, 6.07) is 15.8. The molecule has 31 heavy (non-hydrogen) atoms. The monoisotopic (exact) mass is 442 g/mol. The number of likely N-dealkylation sites (N-methyl/N-ethyl adjacent to an activating group) is 1. The summed E-state index contributed by atoms with van der Waals surface area (Å²) in [5.41, 5.74) is 3.91. The van der Waals surface area contributed by atoms with Gasteiger partial charge in [-0.25, -0.2) is 10.5 Å². The van der Waals surface area contributed by atoms with Crippen LogP contribution in [0.4, 0.5) is 0 Å². The van der Waals surface area contributed by atoms with Crippen molar-refractivity contribution in [1.29, 1.82) is 0 Å². The van der Waals surface area contributed by atoms with Gasteiger partial charge in [-0.15, -0.1) is 12.4 Å². The normalized spacial score (nSPS) is 17.0. The predicted molar refractivity (Wildman–Crippen MR) is 122 cm³/mol. The lowest BCUT2D eigenvalue weighted by molar-refractivity contribution is -0.129. The fourth-order valence-corrected chi connectivity index (χ4v) is 3.51. The van der Waals surface area contributed by atoms with Crippen LogP contribution in [0.1, 0.15) is 29.9 Å². The van der Waals surface area contributed by atoms with Crippen molar-refractivity contribution in [2.75, 3.05) is 26.2 Å². The van der Waals surface area contributed by atoms with E-state index in [1.165, 1.54) is 23.2 Å². The SMILES string of the molecule is CCN1CCN(C(=O)C=Cc2cccc(C=CC(=O)NO)n2)CC1c1ccccc1.Cl. The summed E-state index contributed by atoms with van der Waals surface area (Å²) in [5, 5.41) is 8.53. The Balaban J connectivity index is 0.00000341. The van der Waals surface area contributed by atoms with Crippen LogP contribution in [-0.2, 0) is 9.59 Å². The fraction of sp³-hybridized carbons (Fsp3) is 0.261. The second kappa shape index (κ2) is 12.0. The van der Waals surface area contributed by atoms with E-state index >= 15 is 0 Å². The lowest BCUT2D eigenvalue weighted by atomic mass is 10.0. The summed E-state index contributed by atoms with van der Waals surface area (Å²) < 4.78 is 0. The topological polar surface area (TPSA) is 85.8 Å². The summed E-state index contributed by atoms with van der Waals surface area (Å²) in [5.74, 6) is -0.679. The molecule has 164 valence electrons. The molecule has 1 unspecified atom stereocenters. The third-order valence-corrected chi connectivity index (χ3v) is 5.10. The van der Waals surface area contributed by atoms with Crippen molar-refractivity contribution in [2.45, 2.75) is 13.0 Å². The first kappa shape index (κ1) is 24.3. The molecule has 0 spiro atoms. The van der Waals surface area contributed by atoms with Crippen molar-refractivity contribution in [3.8, 4) is 0 Å². The molecule has 2 N–H and O–H groups in total. The van der Waals surface area contributed by atoms with Crippen LogP contribution >= 0.6 is 12.4 Å². The number of nitrogens with zero attached hydrogens (tertiary/aromatic N) is 3. The van der Waals surface area contributed by atoms with Crippen LogP contribution in [0.3, 0.4) is 0 Å². The van der Waals surface area contributed by atoms with Crippen LogP contribution in [0.5, 0.6) is 0 Å². The molecular weight excluding hydrogens is 416 g/mol. The number of hydrogen-bond acceptors (Lipinski definition) is 5. The minimum atomic E-state index is -0.632. The molecule has 2 aromatic rings. The van der Waals surface area contributed by atoms with E-state index in [9.17, 15) is 9.59 Å². The molecule has 2 heterocycles. The van der Waals surface area contributed by atoms with E-state index < -0.39 is 5.91 Å². The van der Waals surface area contributed by atoms with Gasteiger partial charge in [0.15, 0.2) is 0 Å². The number of aromatic nitrogens is 1. The van der Waals surface area contributed by atoms with Crippen LogP contribution in [0, 0.1) is 0 Å². The molecule has 1 atom stereocenters. The number of rotatable bonds is 6. The Labute approximate surface area is 188 Å². The molecule has 7 nitrogen and oxygen atoms in total. The zero-order valence-corrected chi connectivity index (χ0v) is 18.2. The van der Waals surface area contributed by atoms with Crippen LogP contribution in [0.2, 0.25) is 0 Å². The van der Waals surface area contributed by atoms with Crippen LogP contribution < -0.4 is 5.48 Å². The largest absolute Gasteiger partial charge is 0.336 e. The highest BCUT2D eigenvalue weighted by molar-refractivity contribution is 5.92. The Morgan fingerprint density at radius 1 is 1.06 bits per heavy atom. The molecule has 1 aliphatic heterocycles. The Morgan fingerprint density at radius 2 is 1.74 bits per heavy atom. The third-order valence-electron chi connectivity index (χ3n) is 5.10. The van der Waals surface area contributed by atoms with Crippen LogP contribution in [0.15, 0.2) is 60.7 Å². The number of amides is 2. The Kier molecular flexibility index (Phi) is 9.40. The summed E-state index contributed by atoms with van der Waals surface area (Å²) in [6.45, 7) is 5.25. The number of hydrogen-bond donors (Lipinski definition) is 2. The Bertz CT molecular complexity index is 933.